The van der Waals surface area contributed by atoms with Crippen LogP contribution in [0.2, 0.25) is 0 Å². The Bertz CT molecular complexity index is 194. The summed E-state index contributed by atoms with van der Waals surface area (Å²) >= 11 is 0. The Morgan fingerprint density at radius 1 is 1.71 bits per heavy atom. The van der Waals surface area contributed by atoms with Crippen molar-refractivity contribution in [2.75, 3.05) is 13.1 Å². The van der Waals surface area contributed by atoms with Crippen LogP contribution in [0.4, 0.5) is 4.79 Å². The molecule has 0 radical (unpaired) electrons. The topological polar surface area (TPSA) is 58.4 Å². The zero-order valence-electron chi connectivity index (χ0n) is 9.12. The molecule has 2 atom stereocenters. The molecule has 3 N–H and O–H groups in total. The molecular weight excluding hydrogens is 178 g/mol. The van der Waals surface area contributed by atoms with E-state index < -0.39 is 0 Å². The zero-order chi connectivity index (χ0) is 10.6. The number of carbonyl (C=O) groups excluding carboxylic acids is 1. The smallest absolute Gasteiger partial charge is 0.317 e. The fourth-order valence-electron chi connectivity index (χ4n) is 1.72. The van der Waals surface area contributed by atoms with Gasteiger partial charge >= 0.3 is 6.03 Å². The monoisotopic (exact) mass is 199 g/mol. The van der Waals surface area contributed by atoms with Crippen molar-refractivity contribution >= 4 is 6.03 Å². The highest BCUT2D eigenvalue weighted by atomic mass is 16.2. The third-order valence-electron chi connectivity index (χ3n) is 2.55. The molecule has 0 spiro atoms. The fourth-order valence-corrected chi connectivity index (χ4v) is 1.72. The summed E-state index contributed by atoms with van der Waals surface area (Å²) in [6.45, 7) is 5.73. The largest absolute Gasteiger partial charge is 0.333 e. The molecule has 0 saturated carbocycles. The van der Waals surface area contributed by atoms with Crippen LogP contribution < -0.4 is 11.1 Å². The molecule has 1 fully saturated rings. The predicted molar refractivity (Wildman–Crippen MR) is 57.1 cm³/mol. The van der Waals surface area contributed by atoms with Gasteiger partial charge in [-0.3, -0.25) is 0 Å². The molecule has 1 aliphatic rings. The molecule has 1 rings (SSSR count). The van der Waals surface area contributed by atoms with Crippen molar-refractivity contribution in [3.8, 4) is 0 Å². The molecule has 0 aromatic rings. The van der Waals surface area contributed by atoms with Crippen LogP contribution in [-0.2, 0) is 0 Å². The molecule has 2 amide bonds. The van der Waals surface area contributed by atoms with Gasteiger partial charge in [0.2, 0.25) is 0 Å². The summed E-state index contributed by atoms with van der Waals surface area (Å²) in [5.74, 6) is 0. The van der Waals surface area contributed by atoms with Crippen molar-refractivity contribution in [2.45, 2.75) is 45.2 Å². The Labute approximate surface area is 85.8 Å². The van der Waals surface area contributed by atoms with Gasteiger partial charge in [0, 0.05) is 25.2 Å². The minimum Gasteiger partial charge on any atom is -0.333 e. The average Bonchev–Trinajstić information content (AvgIpc) is 2.44. The van der Waals surface area contributed by atoms with Gasteiger partial charge in [0.05, 0.1) is 0 Å². The first kappa shape index (κ1) is 11.3. The number of urea groups is 1. The number of nitrogens with two attached hydrogens (primary N) is 1. The number of nitrogens with one attached hydrogen (secondary N) is 1. The Kier molecular flexibility index (Phi) is 4.20. The summed E-state index contributed by atoms with van der Waals surface area (Å²) in [5.41, 5.74) is 5.65. The van der Waals surface area contributed by atoms with Crippen molar-refractivity contribution in [3.05, 3.63) is 0 Å². The summed E-state index contributed by atoms with van der Waals surface area (Å²) in [6, 6.07) is 0.595. The molecular formula is C10H21N3O. The van der Waals surface area contributed by atoms with Gasteiger partial charge in [-0.2, -0.15) is 0 Å². The maximum atomic E-state index is 11.4. The maximum absolute atomic E-state index is 11.4. The van der Waals surface area contributed by atoms with Gasteiger partial charge in [-0.1, -0.05) is 13.3 Å². The van der Waals surface area contributed by atoms with Crippen LogP contribution in [-0.4, -0.2) is 36.1 Å². The number of amides is 2. The summed E-state index contributed by atoms with van der Waals surface area (Å²) in [6.07, 6.45) is 3.07. The Morgan fingerprint density at radius 2 is 2.43 bits per heavy atom. The standard InChI is InChI=1S/C10H21N3O/c1-3-4-9-7-13(10(14)12-9)6-5-8(2)11/h8-9H,3-7,11H2,1-2H3,(H,12,14). The molecule has 4 nitrogen and oxygen atoms in total. The minimum atomic E-state index is 0.0732. The number of rotatable bonds is 5. The lowest BCUT2D eigenvalue weighted by Crippen LogP contribution is -2.32. The fraction of sp³-hybridized carbons (Fsp3) is 0.900. The van der Waals surface area contributed by atoms with E-state index in [0.29, 0.717) is 6.04 Å². The lowest BCUT2D eigenvalue weighted by atomic mass is 10.2. The molecule has 4 heteroatoms. The molecule has 0 bridgehead atoms. The Morgan fingerprint density at radius 3 is 3.00 bits per heavy atom. The highest BCUT2D eigenvalue weighted by Gasteiger charge is 2.27. The first-order chi connectivity index (χ1) is 6.63. The highest BCUT2D eigenvalue weighted by Crippen LogP contribution is 2.09. The van der Waals surface area contributed by atoms with Gasteiger partial charge in [0.1, 0.15) is 0 Å². The quantitative estimate of drug-likeness (QED) is 0.691. The Hall–Kier alpha value is -0.770. The van der Waals surface area contributed by atoms with Crippen LogP contribution in [0.5, 0.6) is 0 Å². The summed E-state index contributed by atoms with van der Waals surface area (Å²) in [4.78, 5) is 13.3. The van der Waals surface area contributed by atoms with E-state index in [4.69, 9.17) is 5.73 Å². The molecule has 0 aromatic heterocycles. The maximum Gasteiger partial charge on any atom is 0.317 e. The second kappa shape index (κ2) is 5.20. The molecule has 1 aliphatic heterocycles. The van der Waals surface area contributed by atoms with Crippen LogP contribution >= 0.6 is 0 Å². The predicted octanol–water partition coefficient (Wildman–Crippen LogP) is 0.918. The van der Waals surface area contributed by atoms with E-state index >= 15 is 0 Å². The average molecular weight is 199 g/mol. The molecule has 2 unspecified atom stereocenters. The summed E-state index contributed by atoms with van der Waals surface area (Å²) in [7, 11) is 0. The number of hydrogen-bond donors (Lipinski definition) is 2. The molecule has 82 valence electrons. The second-order valence-corrected chi connectivity index (χ2v) is 4.15. The van der Waals surface area contributed by atoms with E-state index in [1.54, 1.807) is 0 Å². The van der Waals surface area contributed by atoms with Crippen LogP contribution in [0, 0.1) is 0 Å². The summed E-state index contributed by atoms with van der Waals surface area (Å²) < 4.78 is 0. The minimum absolute atomic E-state index is 0.0732. The van der Waals surface area contributed by atoms with Gasteiger partial charge in [-0.05, 0) is 19.8 Å². The van der Waals surface area contributed by atoms with Gasteiger partial charge in [-0.15, -0.1) is 0 Å². The third-order valence-corrected chi connectivity index (χ3v) is 2.55. The van der Waals surface area contributed by atoms with E-state index in [2.05, 4.69) is 12.2 Å². The lowest BCUT2D eigenvalue weighted by molar-refractivity contribution is 0.216. The number of nitrogens with zero attached hydrogens (tertiary/aromatic N) is 1. The van der Waals surface area contributed by atoms with Crippen LogP contribution in [0.15, 0.2) is 0 Å². The van der Waals surface area contributed by atoms with E-state index in [9.17, 15) is 4.79 Å². The van der Waals surface area contributed by atoms with Crippen LogP contribution in [0.3, 0.4) is 0 Å². The van der Waals surface area contributed by atoms with E-state index in [0.717, 1.165) is 32.4 Å². The zero-order valence-corrected chi connectivity index (χ0v) is 9.12. The second-order valence-electron chi connectivity index (χ2n) is 4.15. The summed E-state index contributed by atoms with van der Waals surface area (Å²) in [5, 5.41) is 2.97. The van der Waals surface area contributed by atoms with Crippen molar-refractivity contribution in [3.63, 3.8) is 0 Å². The molecule has 0 aliphatic carbocycles. The molecule has 14 heavy (non-hydrogen) atoms. The molecule has 1 saturated heterocycles. The van der Waals surface area contributed by atoms with Gasteiger partial charge < -0.3 is 16.0 Å². The van der Waals surface area contributed by atoms with Crippen molar-refractivity contribution in [1.29, 1.82) is 0 Å². The third kappa shape index (κ3) is 3.18. The van der Waals surface area contributed by atoms with Gasteiger partial charge in [0.15, 0.2) is 0 Å². The van der Waals surface area contributed by atoms with Crippen molar-refractivity contribution in [2.24, 2.45) is 5.73 Å². The number of hydrogen-bond acceptors (Lipinski definition) is 2. The number of carbonyl (C=O) groups is 1. The van der Waals surface area contributed by atoms with Gasteiger partial charge in [-0.25, -0.2) is 4.79 Å². The van der Waals surface area contributed by atoms with Crippen LogP contribution in [0.1, 0.15) is 33.1 Å². The first-order valence-corrected chi connectivity index (χ1v) is 5.44. The van der Waals surface area contributed by atoms with E-state index in [1.807, 2.05) is 11.8 Å². The SMILES string of the molecule is CCCC1CN(CCC(C)N)C(=O)N1. The van der Waals surface area contributed by atoms with Crippen molar-refractivity contribution in [1.82, 2.24) is 10.2 Å². The van der Waals surface area contributed by atoms with Crippen molar-refractivity contribution < 1.29 is 4.79 Å². The lowest BCUT2D eigenvalue weighted by Gasteiger charge is -2.15. The first-order valence-electron chi connectivity index (χ1n) is 5.44. The van der Waals surface area contributed by atoms with Crippen LogP contribution in [0.25, 0.3) is 0 Å². The normalized spacial score (nSPS) is 23.8. The highest BCUT2D eigenvalue weighted by molar-refractivity contribution is 5.76. The molecule has 1 heterocycles. The van der Waals surface area contributed by atoms with Gasteiger partial charge in [0.25, 0.3) is 0 Å². The van der Waals surface area contributed by atoms with E-state index in [1.165, 1.54) is 0 Å². The Balaban J connectivity index is 2.29. The molecule has 0 aromatic carbocycles. The van der Waals surface area contributed by atoms with E-state index in [-0.39, 0.29) is 12.1 Å².